The average molecular weight is 279 g/mol. The van der Waals surface area contributed by atoms with E-state index in [2.05, 4.69) is 11.2 Å². The lowest BCUT2D eigenvalue weighted by atomic mass is 10.2. The first kappa shape index (κ1) is 12.7. The fraction of sp³-hybridized carbons (Fsp3) is 0. The van der Waals surface area contributed by atoms with Crippen molar-refractivity contribution in [3.05, 3.63) is 60.0 Å². The molecule has 2 aromatic heterocycles. The normalized spacial score (nSPS) is 10.2. The largest absolute Gasteiger partial charge is 0.476 e. The van der Waals surface area contributed by atoms with Gasteiger partial charge in [0, 0.05) is 6.07 Å². The summed E-state index contributed by atoms with van der Waals surface area (Å²) in [6.07, 6.45) is 1.49. The van der Waals surface area contributed by atoms with Crippen molar-refractivity contribution in [3.8, 4) is 23.2 Å². The maximum atomic E-state index is 11.2. The van der Waals surface area contributed by atoms with Gasteiger partial charge in [-0.05, 0) is 24.3 Å². The Morgan fingerprint density at radius 1 is 1.29 bits per heavy atom. The number of furan rings is 1. The molecule has 0 saturated carbocycles. The summed E-state index contributed by atoms with van der Waals surface area (Å²) in [5, 5.41) is 22.4. The SMILES string of the molecule is N#Cc1ccccc1-n1nc(C(=O)O)cc1-c1ccco1. The van der Waals surface area contributed by atoms with Crippen LogP contribution in [0, 0.1) is 11.3 Å². The quantitative estimate of drug-likeness (QED) is 0.795. The Morgan fingerprint density at radius 3 is 2.76 bits per heavy atom. The number of rotatable bonds is 3. The van der Waals surface area contributed by atoms with E-state index < -0.39 is 5.97 Å². The van der Waals surface area contributed by atoms with Crippen LogP contribution < -0.4 is 0 Å². The van der Waals surface area contributed by atoms with E-state index in [1.807, 2.05) is 0 Å². The molecule has 0 spiro atoms. The van der Waals surface area contributed by atoms with Crippen LogP contribution in [0.4, 0.5) is 0 Å². The highest BCUT2D eigenvalue weighted by Crippen LogP contribution is 2.26. The summed E-state index contributed by atoms with van der Waals surface area (Å²) in [5.41, 5.74) is 1.25. The first-order valence-electron chi connectivity index (χ1n) is 6.07. The Hall–Kier alpha value is -3.33. The number of hydrogen-bond donors (Lipinski definition) is 1. The van der Waals surface area contributed by atoms with Gasteiger partial charge in [0.2, 0.25) is 0 Å². The second kappa shape index (κ2) is 4.98. The summed E-state index contributed by atoms with van der Waals surface area (Å²) in [7, 11) is 0. The van der Waals surface area contributed by atoms with Crippen molar-refractivity contribution in [1.29, 1.82) is 5.26 Å². The van der Waals surface area contributed by atoms with Crippen LogP contribution in [0.15, 0.2) is 53.1 Å². The molecule has 0 unspecified atom stereocenters. The molecule has 3 aromatic rings. The van der Waals surface area contributed by atoms with Gasteiger partial charge in [0.1, 0.15) is 11.8 Å². The maximum absolute atomic E-state index is 11.2. The lowest BCUT2D eigenvalue weighted by Gasteiger charge is -2.07. The number of carbonyl (C=O) groups is 1. The molecule has 3 rings (SSSR count). The summed E-state index contributed by atoms with van der Waals surface area (Å²) in [5.74, 6) is -0.668. The van der Waals surface area contributed by atoms with E-state index in [9.17, 15) is 10.1 Å². The number of nitrogens with zero attached hydrogens (tertiary/aromatic N) is 3. The minimum Gasteiger partial charge on any atom is -0.476 e. The third-order valence-electron chi connectivity index (χ3n) is 2.95. The number of carboxylic acid groups (broad SMARTS) is 1. The van der Waals surface area contributed by atoms with Crippen molar-refractivity contribution in [2.45, 2.75) is 0 Å². The highest BCUT2D eigenvalue weighted by atomic mass is 16.4. The van der Waals surface area contributed by atoms with Crippen LogP contribution in [0.1, 0.15) is 16.1 Å². The first-order valence-corrected chi connectivity index (χ1v) is 6.07. The third kappa shape index (κ3) is 2.17. The van der Waals surface area contributed by atoms with Gasteiger partial charge < -0.3 is 9.52 Å². The molecule has 0 amide bonds. The molecule has 0 bridgehead atoms. The van der Waals surface area contributed by atoms with E-state index in [1.165, 1.54) is 17.0 Å². The van der Waals surface area contributed by atoms with Crippen LogP contribution in [-0.4, -0.2) is 20.9 Å². The number of carboxylic acids is 1. The minimum absolute atomic E-state index is 0.117. The second-order valence-corrected chi connectivity index (χ2v) is 4.24. The molecular weight excluding hydrogens is 270 g/mol. The van der Waals surface area contributed by atoms with Gasteiger partial charge in [-0.2, -0.15) is 10.4 Å². The molecule has 1 N–H and O–H groups in total. The average Bonchev–Trinajstić information content (AvgIpc) is 3.16. The molecule has 1 aromatic carbocycles. The van der Waals surface area contributed by atoms with E-state index in [0.29, 0.717) is 22.7 Å². The van der Waals surface area contributed by atoms with Gasteiger partial charge in [0.15, 0.2) is 11.5 Å². The van der Waals surface area contributed by atoms with Gasteiger partial charge in [-0.15, -0.1) is 0 Å². The molecule has 0 radical (unpaired) electrons. The summed E-state index contributed by atoms with van der Waals surface area (Å²) < 4.78 is 6.72. The highest BCUT2D eigenvalue weighted by molar-refractivity contribution is 5.87. The first-order chi connectivity index (χ1) is 10.2. The molecule has 6 nitrogen and oxygen atoms in total. The van der Waals surface area contributed by atoms with E-state index in [1.54, 1.807) is 36.4 Å². The fourth-order valence-corrected chi connectivity index (χ4v) is 2.02. The molecule has 21 heavy (non-hydrogen) atoms. The molecule has 0 fully saturated rings. The molecule has 0 aliphatic heterocycles. The number of nitriles is 1. The Labute approximate surface area is 119 Å². The zero-order valence-corrected chi connectivity index (χ0v) is 10.7. The Kier molecular flexibility index (Phi) is 3.01. The van der Waals surface area contributed by atoms with Crippen LogP contribution in [0.5, 0.6) is 0 Å². The van der Waals surface area contributed by atoms with Crippen molar-refractivity contribution in [2.75, 3.05) is 0 Å². The number of aromatic carboxylic acids is 1. The molecule has 2 heterocycles. The summed E-state index contributed by atoms with van der Waals surface area (Å²) in [6, 6.07) is 13.7. The van der Waals surface area contributed by atoms with Gasteiger partial charge in [-0.1, -0.05) is 12.1 Å². The van der Waals surface area contributed by atoms with Crippen molar-refractivity contribution in [1.82, 2.24) is 9.78 Å². The lowest BCUT2D eigenvalue weighted by molar-refractivity contribution is 0.0690. The minimum atomic E-state index is -1.14. The van der Waals surface area contributed by atoms with E-state index in [-0.39, 0.29) is 5.69 Å². The van der Waals surface area contributed by atoms with Gasteiger partial charge in [0.25, 0.3) is 0 Å². The third-order valence-corrected chi connectivity index (χ3v) is 2.95. The molecule has 0 saturated heterocycles. The summed E-state index contributed by atoms with van der Waals surface area (Å²) in [6.45, 7) is 0. The van der Waals surface area contributed by atoms with Crippen molar-refractivity contribution < 1.29 is 14.3 Å². The Balaban J connectivity index is 2.27. The van der Waals surface area contributed by atoms with Gasteiger partial charge in [0.05, 0.1) is 17.5 Å². The summed E-state index contributed by atoms with van der Waals surface area (Å²) >= 11 is 0. The zero-order chi connectivity index (χ0) is 14.8. The van der Waals surface area contributed by atoms with Gasteiger partial charge in [-0.3, -0.25) is 0 Å². The molecule has 6 heteroatoms. The van der Waals surface area contributed by atoms with Gasteiger partial charge >= 0.3 is 5.97 Å². The molecular formula is C15H9N3O3. The molecule has 0 aliphatic carbocycles. The zero-order valence-electron chi connectivity index (χ0n) is 10.7. The molecule has 0 atom stereocenters. The van der Waals surface area contributed by atoms with Crippen molar-refractivity contribution in [2.24, 2.45) is 0 Å². The lowest BCUT2D eigenvalue weighted by Crippen LogP contribution is -2.03. The predicted molar refractivity (Wildman–Crippen MR) is 72.9 cm³/mol. The smallest absolute Gasteiger partial charge is 0.356 e. The van der Waals surface area contributed by atoms with Crippen LogP contribution in [0.3, 0.4) is 0 Å². The Bertz CT molecular complexity index is 841. The van der Waals surface area contributed by atoms with Crippen LogP contribution in [-0.2, 0) is 0 Å². The van der Waals surface area contributed by atoms with Gasteiger partial charge in [-0.25, -0.2) is 9.48 Å². The van der Waals surface area contributed by atoms with Crippen LogP contribution in [0.2, 0.25) is 0 Å². The second-order valence-electron chi connectivity index (χ2n) is 4.24. The standard InChI is InChI=1S/C15H9N3O3/c16-9-10-4-1-2-5-12(10)18-13(14-6-3-7-21-14)8-11(17-18)15(19)20/h1-8H,(H,19,20). The Morgan fingerprint density at radius 2 is 2.10 bits per heavy atom. The van der Waals surface area contributed by atoms with E-state index in [4.69, 9.17) is 9.52 Å². The number of para-hydroxylation sites is 1. The van der Waals surface area contributed by atoms with Crippen LogP contribution in [0.25, 0.3) is 17.1 Å². The topological polar surface area (TPSA) is 92.0 Å². The predicted octanol–water partition coefficient (Wildman–Crippen LogP) is 2.70. The van der Waals surface area contributed by atoms with E-state index in [0.717, 1.165) is 0 Å². The molecule has 0 aliphatic rings. The van der Waals surface area contributed by atoms with Crippen molar-refractivity contribution >= 4 is 5.97 Å². The molecule has 102 valence electrons. The highest BCUT2D eigenvalue weighted by Gasteiger charge is 2.18. The monoisotopic (exact) mass is 279 g/mol. The maximum Gasteiger partial charge on any atom is 0.356 e. The van der Waals surface area contributed by atoms with E-state index >= 15 is 0 Å². The number of aromatic nitrogens is 2. The van der Waals surface area contributed by atoms with Crippen molar-refractivity contribution in [3.63, 3.8) is 0 Å². The number of benzene rings is 1. The van der Waals surface area contributed by atoms with Crippen LogP contribution >= 0.6 is 0 Å². The number of hydrogen-bond acceptors (Lipinski definition) is 4. The summed E-state index contributed by atoms with van der Waals surface area (Å²) in [4.78, 5) is 11.2. The fourth-order valence-electron chi connectivity index (χ4n) is 2.02.